The molecule has 1 saturated heterocycles. The molecule has 3 unspecified atom stereocenters. The van der Waals surface area contributed by atoms with Crippen molar-refractivity contribution in [3.05, 3.63) is 60.7 Å². The molecule has 2 aromatic carbocycles. The first kappa shape index (κ1) is 21.9. The van der Waals surface area contributed by atoms with Gasteiger partial charge in [-0.25, -0.2) is 4.67 Å². The van der Waals surface area contributed by atoms with Gasteiger partial charge in [0.2, 0.25) is 21.7 Å². The van der Waals surface area contributed by atoms with Crippen molar-refractivity contribution in [2.75, 3.05) is 30.8 Å². The van der Waals surface area contributed by atoms with Crippen molar-refractivity contribution in [2.45, 2.75) is 19.3 Å². The molecular formula is C19H28ClN8P3. The minimum atomic E-state index is -2.94. The number of anilines is 2. The summed E-state index contributed by atoms with van der Waals surface area (Å²) in [6, 6.07) is 20.3. The minimum Gasteiger partial charge on any atom is -0.278 e. The molecule has 5 rings (SSSR count). The Kier molecular flexibility index (Phi) is 6.19. The number of nitrogens with one attached hydrogen (secondary N) is 2. The third kappa shape index (κ3) is 4.34. The lowest BCUT2D eigenvalue weighted by molar-refractivity contribution is 0.400. The fraction of sp³-hybridized carbons (Fsp3) is 0.368. The molecule has 12 heteroatoms. The van der Waals surface area contributed by atoms with E-state index in [4.69, 9.17) is 30.3 Å². The molecule has 3 heterocycles. The highest BCUT2D eigenvalue weighted by molar-refractivity contribution is 7.97. The zero-order valence-electron chi connectivity index (χ0n) is 17.3. The van der Waals surface area contributed by atoms with E-state index in [1.807, 2.05) is 36.4 Å². The second kappa shape index (κ2) is 8.78. The van der Waals surface area contributed by atoms with Crippen LogP contribution in [0.1, 0.15) is 19.3 Å². The van der Waals surface area contributed by atoms with Crippen molar-refractivity contribution < 1.29 is 0 Å². The van der Waals surface area contributed by atoms with Crippen LogP contribution in [0.15, 0.2) is 74.2 Å². The van der Waals surface area contributed by atoms with Gasteiger partial charge in [-0.05, 0) is 54.8 Å². The number of halogens is 1. The van der Waals surface area contributed by atoms with E-state index in [2.05, 4.69) is 43.8 Å². The molecule has 2 aromatic rings. The third-order valence-electron chi connectivity index (χ3n) is 5.51. The van der Waals surface area contributed by atoms with Gasteiger partial charge in [0.15, 0.2) is 0 Å². The molecular weight excluding hydrogens is 469 g/mol. The average molecular weight is 497 g/mol. The topological polar surface area (TPSA) is 93.6 Å². The summed E-state index contributed by atoms with van der Waals surface area (Å²) < 4.78 is 20.0. The van der Waals surface area contributed by atoms with Crippen LogP contribution in [-0.2, 0) is 0 Å². The first-order valence-electron chi connectivity index (χ1n) is 10.6. The van der Waals surface area contributed by atoms with Crippen molar-refractivity contribution in [1.29, 1.82) is 0 Å². The van der Waals surface area contributed by atoms with Crippen LogP contribution in [0, 0.1) is 0 Å². The van der Waals surface area contributed by atoms with Gasteiger partial charge < -0.3 is 0 Å². The standard InChI is InChI=1S/C19H28ClN8P3/c20-29-22-14-7-8-16-27-17-9-15-23-31(27,25-29)26-30(21,24-29)28(18-10-3-1-4-11-18)19-12-5-2-6-13-19/h1-6,10-13,22-23H,7-9,14-17,21H2. The van der Waals surface area contributed by atoms with E-state index in [0.29, 0.717) is 0 Å². The number of hydrogen-bond donors (Lipinski definition) is 3. The Hall–Kier alpha value is -0.940. The largest absolute Gasteiger partial charge is 0.278 e. The van der Waals surface area contributed by atoms with E-state index in [9.17, 15) is 0 Å². The van der Waals surface area contributed by atoms with Crippen LogP contribution in [0.3, 0.4) is 0 Å². The van der Waals surface area contributed by atoms with E-state index in [1.165, 1.54) is 0 Å². The van der Waals surface area contributed by atoms with Crippen LogP contribution in [-0.4, -0.2) is 30.8 Å². The molecule has 0 amide bonds. The summed E-state index contributed by atoms with van der Waals surface area (Å²) in [5.41, 5.74) is 9.14. The summed E-state index contributed by atoms with van der Waals surface area (Å²) in [4.78, 5) is 0. The molecule has 31 heavy (non-hydrogen) atoms. The molecule has 166 valence electrons. The van der Waals surface area contributed by atoms with Crippen LogP contribution in [0.4, 0.5) is 11.4 Å². The highest BCUT2D eigenvalue weighted by atomic mass is 35.7. The van der Waals surface area contributed by atoms with Crippen LogP contribution >= 0.6 is 33.0 Å². The number of benzene rings is 2. The molecule has 3 aliphatic heterocycles. The van der Waals surface area contributed by atoms with Gasteiger partial charge in [-0.1, -0.05) is 36.4 Å². The van der Waals surface area contributed by atoms with Gasteiger partial charge in [-0.2, -0.15) is 13.5 Å². The Morgan fingerprint density at radius 1 is 0.806 bits per heavy atom. The molecule has 3 atom stereocenters. The maximum atomic E-state index is 7.22. The summed E-state index contributed by atoms with van der Waals surface area (Å²) in [5, 5.41) is 7.14. The molecule has 1 fully saturated rings. The van der Waals surface area contributed by atoms with Crippen LogP contribution in [0.25, 0.3) is 0 Å². The Labute approximate surface area is 188 Å². The van der Waals surface area contributed by atoms with Crippen molar-refractivity contribution in [1.82, 2.24) is 14.8 Å². The number of fused-ring (bicyclic) bond motifs is 1. The SMILES string of the molecule is NP1(N(c2ccccc2)c2ccccc2)=NP23=NP(Cl)(=N1)NCCCCN2CCCN3. The molecule has 0 saturated carbocycles. The highest BCUT2D eigenvalue weighted by Gasteiger charge is 2.42. The molecule has 1 spiro atoms. The molecule has 0 radical (unpaired) electrons. The normalized spacial score (nSPS) is 33.4. The summed E-state index contributed by atoms with van der Waals surface area (Å²) in [5.74, 6) is 0. The van der Waals surface area contributed by atoms with Gasteiger partial charge in [0.1, 0.15) is 0 Å². The van der Waals surface area contributed by atoms with Gasteiger partial charge in [0.25, 0.3) is 0 Å². The fourth-order valence-electron chi connectivity index (χ4n) is 4.15. The summed E-state index contributed by atoms with van der Waals surface area (Å²) in [6.07, 6.45) is 3.19. The highest BCUT2D eigenvalue weighted by Crippen LogP contribution is 2.78. The van der Waals surface area contributed by atoms with E-state index < -0.39 is 21.7 Å². The van der Waals surface area contributed by atoms with Crippen LogP contribution < -0.4 is 20.3 Å². The smallest absolute Gasteiger partial charge is 0.245 e. The Morgan fingerprint density at radius 3 is 2.10 bits per heavy atom. The van der Waals surface area contributed by atoms with E-state index in [1.54, 1.807) is 0 Å². The van der Waals surface area contributed by atoms with Crippen LogP contribution in [0.2, 0.25) is 0 Å². The van der Waals surface area contributed by atoms with Gasteiger partial charge in [-0.3, -0.25) is 20.3 Å². The van der Waals surface area contributed by atoms with E-state index in [0.717, 1.165) is 56.8 Å². The van der Waals surface area contributed by atoms with Crippen molar-refractivity contribution in [3.63, 3.8) is 0 Å². The number of nitrogens with two attached hydrogens (primary N) is 1. The molecule has 0 aliphatic carbocycles. The monoisotopic (exact) mass is 496 g/mol. The molecule has 3 aliphatic rings. The molecule has 8 nitrogen and oxygen atoms in total. The van der Waals surface area contributed by atoms with Crippen LogP contribution in [0.5, 0.6) is 0 Å². The molecule has 2 bridgehead atoms. The summed E-state index contributed by atoms with van der Waals surface area (Å²) >= 11 is 7.16. The van der Waals surface area contributed by atoms with E-state index >= 15 is 0 Å². The zero-order valence-corrected chi connectivity index (χ0v) is 20.7. The number of rotatable bonds is 3. The molecule has 0 aromatic heterocycles. The van der Waals surface area contributed by atoms with Gasteiger partial charge in [-0.15, -0.1) is 0 Å². The quantitative estimate of drug-likeness (QED) is 0.419. The summed E-state index contributed by atoms with van der Waals surface area (Å²) in [7, 11) is -5.38. The Bertz CT molecular complexity index is 1070. The lowest BCUT2D eigenvalue weighted by Gasteiger charge is -2.43. The number of para-hydroxylation sites is 2. The lowest BCUT2D eigenvalue weighted by Crippen LogP contribution is -2.36. The second-order valence-electron chi connectivity index (χ2n) is 7.79. The zero-order chi connectivity index (χ0) is 21.4. The first-order valence-corrected chi connectivity index (χ1v) is 16.5. The number of nitrogens with zero attached hydrogens (tertiary/aromatic N) is 5. The molecule has 4 N–H and O–H groups in total. The number of hydrogen-bond acceptors (Lipinski definition) is 8. The van der Waals surface area contributed by atoms with Crippen molar-refractivity contribution in [2.24, 2.45) is 19.1 Å². The van der Waals surface area contributed by atoms with Crippen molar-refractivity contribution in [3.8, 4) is 0 Å². The predicted octanol–water partition coefficient (Wildman–Crippen LogP) is 6.55. The Balaban J connectivity index is 1.78. The first-order chi connectivity index (χ1) is 15.0. The van der Waals surface area contributed by atoms with Gasteiger partial charge in [0, 0.05) is 37.6 Å². The third-order valence-corrected chi connectivity index (χ3v) is 16.6. The lowest BCUT2D eigenvalue weighted by atomic mass is 10.3. The van der Waals surface area contributed by atoms with Gasteiger partial charge >= 0.3 is 0 Å². The van der Waals surface area contributed by atoms with Crippen molar-refractivity contribution >= 4 is 44.3 Å². The van der Waals surface area contributed by atoms with Gasteiger partial charge in [0.05, 0.1) is 0 Å². The maximum Gasteiger partial charge on any atom is 0.245 e. The average Bonchev–Trinajstić information content (AvgIpc) is 2.80. The minimum absolute atomic E-state index is 0.786. The second-order valence-corrected chi connectivity index (χ2v) is 16.4. The predicted molar refractivity (Wildman–Crippen MR) is 135 cm³/mol. The maximum absolute atomic E-state index is 7.22. The Morgan fingerprint density at radius 2 is 1.42 bits per heavy atom. The fourth-order valence-corrected chi connectivity index (χ4v) is 17.2. The summed E-state index contributed by atoms with van der Waals surface area (Å²) in [6.45, 7) is 0.838. The van der Waals surface area contributed by atoms with E-state index in [-0.39, 0.29) is 0 Å².